The fraction of sp³-hybridized carbons (Fsp3) is 0.500. The molecule has 2 atom stereocenters. The average Bonchev–Trinajstić information content (AvgIpc) is 2.93. The predicted molar refractivity (Wildman–Crippen MR) is 73.1 cm³/mol. The molecule has 3 rings (SSSR count). The van der Waals surface area contributed by atoms with Gasteiger partial charge in [0.2, 0.25) is 0 Å². The normalized spacial score (nSPS) is 23.4. The van der Waals surface area contributed by atoms with Gasteiger partial charge in [0, 0.05) is 12.7 Å². The van der Waals surface area contributed by atoms with Crippen LogP contribution < -0.4 is 0 Å². The van der Waals surface area contributed by atoms with E-state index in [1.54, 1.807) is 6.92 Å². The second-order valence-electron chi connectivity index (χ2n) is 5.05. The van der Waals surface area contributed by atoms with E-state index in [0.717, 1.165) is 24.4 Å². The number of halogens is 2. The molecule has 5 heteroatoms. The third-order valence-corrected chi connectivity index (χ3v) is 4.07. The minimum Gasteiger partial charge on any atom is -0.376 e. The molecule has 102 valence electrons. The van der Waals surface area contributed by atoms with Gasteiger partial charge in [-0.25, -0.2) is 9.37 Å². The Labute approximate surface area is 116 Å². The highest BCUT2D eigenvalue weighted by Gasteiger charge is 2.29. The number of benzene rings is 1. The van der Waals surface area contributed by atoms with Crippen LogP contribution in [0.25, 0.3) is 11.0 Å². The van der Waals surface area contributed by atoms with Crippen LogP contribution in [0.4, 0.5) is 4.39 Å². The van der Waals surface area contributed by atoms with Crippen molar-refractivity contribution in [3.8, 4) is 0 Å². The summed E-state index contributed by atoms with van der Waals surface area (Å²) in [5.74, 6) is 0.872. The Kier molecular flexibility index (Phi) is 3.23. The van der Waals surface area contributed by atoms with Gasteiger partial charge in [-0.2, -0.15) is 0 Å². The molecule has 1 aromatic heterocycles. The smallest absolute Gasteiger partial charge is 0.128 e. The van der Waals surface area contributed by atoms with Crippen molar-refractivity contribution < 1.29 is 9.13 Å². The molecule has 0 aliphatic carbocycles. The van der Waals surface area contributed by atoms with E-state index in [1.165, 1.54) is 6.07 Å². The first-order chi connectivity index (χ1) is 9.11. The van der Waals surface area contributed by atoms with Crippen LogP contribution in [0, 0.1) is 12.7 Å². The molecule has 19 heavy (non-hydrogen) atoms. The molecule has 1 aliphatic rings. The SMILES string of the molecule is Cc1cc2c(cc1F)nc(CCl)n2C1CCOC1C. The van der Waals surface area contributed by atoms with E-state index in [9.17, 15) is 4.39 Å². The van der Waals surface area contributed by atoms with Gasteiger partial charge in [0.25, 0.3) is 0 Å². The number of imidazole rings is 1. The summed E-state index contributed by atoms with van der Waals surface area (Å²) >= 11 is 5.99. The van der Waals surface area contributed by atoms with E-state index in [-0.39, 0.29) is 18.0 Å². The number of aryl methyl sites for hydroxylation is 1. The zero-order valence-corrected chi connectivity index (χ0v) is 11.7. The summed E-state index contributed by atoms with van der Waals surface area (Å²) in [6.45, 7) is 4.56. The second kappa shape index (κ2) is 4.76. The summed E-state index contributed by atoms with van der Waals surface area (Å²) in [7, 11) is 0. The van der Waals surface area contributed by atoms with E-state index in [0.29, 0.717) is 17.0 Å². The van der Waals surface area contributed by atoms with Gasteiger partial charge in [0.05, 0.1) is 29.1 Å². The average molecular weight is 283 g/mol. The molecule has 0 saturated carbocycles. The van der Waals surface area contributed by atoms with Crippen molar-refractivity contribution in [2.75, 3.05) is 6.61 Å². The van der Waals surface area contributed by atoms with E-state index in [4.69, 9.17) is 16.3 Å². The molecule has 1 aromatic carbocycles. The van der Waals surface area contributed by atoms with Crippen molar-refractivity contribution in [2.45, 2.75) is 38.3 Å². The zero-order valence-electron chi connectivity index (χ0n) is 11.0. The molecule has 0 radical (unpaired) electrons. The Hall–Kier alpha value is -1.13. The summed E-state index contributed by atoms with van der Waals surface area (Å²) < 4.78 is 21.4. The maximum atomic E-state index is 13.6. The number of ether oxygens (including phenoxy) is 1. The van der Waals surface area contributed by atoms with E-state index >= 15 is 0 Å². The topological polar surface area (TPSA) is 27.1 Å². The lowest BCUT2D eigenvalue weighted by molar-refractivity contribution is 0.108. The maximum Gasteiger partial charge on any atom is 0.128 e. The summed E-state index contributed by atoms with van der Waals surface area (Å²) in [5.41, 5.74) is 2.23. The van der Waals surface area contributed by atoms with Crippen molar-refractivity contribution >= 4 is 22.6 Å². The van der Waals surface area contributed by atoms with Crippen LogP contribution in [-0.4, -0.2) is 22.3 Å². The summed E-state index contributed by atoms with van der Waals surface area (Å²) in [5, 5.41) is 0. The largest absolute Gasteiger partial charge is 0.376 e. The standard InChI is InChI=1S/C14H16ClFN2O/c1-8-5-13-11(6-10(8)16)17-14(7-15)18(13)12-3-4-19-9(12)2/h5-6,9,12H,3-4,7H2,1-2H3. The van der Waals surface area contributed by atoms with Crippen molar-refractivity contribution in [2.24, 2.45) is 0 Å². The number of hydrogen-bond donors (Lipinski definition) is 0. The Morgan fingerprint density at radius 3 is 2.95 bits per heavy atom. The lowest BCUT2D eigenvalue weighted by Gasteiger charge is -2.19. The van der Waals surface area contributed by atoms with Crippen LogP contribution in [0.2, 0.25) is 0 Å². The number of nitrogens with zero attached hydrogens (tertiary/aromatic N) is 2. The number of fused-ring (bicyclic) bond motifs is 1. The highest BCUT2D eigenvalue weighted by molar-refractivity contribution is 6.16. The quantitative estimate of drug-likeness (QED) is 0.788. The van der Waals surface area contributed by atoms with Gasteiger partial charge in [-0.05, 0) is 31.9 Å². The van der Waals surface area contributed by atoms with Crippen molar-refractivity contribution in [3.05, 3.63) is 29.3 Å². The van der Waals surface area contributed by atoms with Gasteiger partial charge in [-0.1, -0.05) is 0 Å². The molecule has 3 nitrogen and oxygen atoms in total. The Bertz CT molecular complexity index is 625. The molecule has 0 spiro atoms. The fourth-order valence-electron chi connectivity index (χ4n) is 2.79. The van der Waals surface area contributed by atoms with Crippen molar-refractivity contribution in [1.82, 2.24) is 9.55 Å². The van der Waals surface area contributed by atoms with Crippen molar-refractivity contribution in [3.63, 3.8) is 0 Å². The second-order valence-corrected chi connectivity index (χ2v) is 5.32. The third-order valence-electron chi connectivity index (χ3n) is 3.83. The fourth-order valence-corrected chi connectivity index (χ4v) is 2.98. The monoisotopic (exact) mass is 282 g/mol. The minimum atomic E-state index is -0.228. The van der Waals surface area contributed by atoms with Gasteiger partial charge >= 0.3 is 0 Å². The van der Waals surface area contributed by atoms with Gasteiger partial charge in [0.1, 0.15) is 11.6 Å². The Balaban J connectivity index is 2.23. The number of rotatable bonds is 2. The van der Waals surface area contributed by atoms with Crippen LogP contribution in [0.15, 0.2) is 12.1 Å². The number of hydrogen-bond acceptors (Lipinski definition) is 2. The van der Waals surface area contributed by atoms with Crippen molar-refractivity contribution in [1.29, 1.82) is 0 Å². The molecule has 0 amide bonds. The zero-order chi connectivity index (χ0) is 13.6. The molecule has 2 heterocycles. The van der Waals surface area contributed by atoms with Crippen LogP contribution in [0.5, 0.6) is 0 Å². The lowest BCUT2D eigenvalue weighted by atomic mass is 10.1. The number of aromatic nitrogens is 2. The maximum absolute atomic E-state index is 13.6. The first kappa shape index (κ1) is 12.9. The van der Waals surface area contributed by atoms with Crippen LogP contribution in [-0.2, 0) is 10.6 Å². The molecule has 0 bridgehead atoms. The first-order valence-corrected chi connectivity index (χ1v) is 6.99. The van der Waals surface area contributed by atoms with Gasteiger partial charge in [0.15, 0.2) is 0 Å². The lowest BCUT2D eigenvalue weighted by Crippen LogP contribution is -2.18. The van der Waals surface area contributed by atoms with Crippen LogP contribution in [0.1, 0.15) is 30.8 Å². The highest BCUT2D eigenvalue weighted by atomic mass is 35.5. The van der Waals surface area contributed by atoms with Gasteiger partial charge in [-0.3, -0.25) is 0 Å². The molecule has 2 aromatic rings. The molecule has 2 unspecified atom stereocenters. The molecule has 0 N–H and O–H groups in total. The first-order valence-electron chi connectivity index (χ1n) is 6.46. The summed E-state index contributed by atoms with van der Waals surface area (Å²) in [4.78, 5) is 4.45. The molecule has 1 saturated heterocycles. The molecule has 1 fully saturated rings. The summed E-state index contributed by atoms with van der Waals surface area (Å²) in [6, 6.07) is 3.56. The van der Waals surface area contributed by atoms with Gasteiger partial charge in [-0.15, -0.1) is 11.6 Å². The number of alkyl halides is 1. The third kappa shape index (κ3) is 2.03. The van der Waals surface area contributed by atoms with E-state index in [2.05, 4.69) is 16.5 Å². The Morgan fingerprint density at radius 1 is 1.53 bits per heavy atom. The van der Waals surface area contributed by atoms with Gasteiger partial charge < -0.3 is 9.30 Å². The minimum absolute atomic E-state index is 0.129. The molecular weight excluding hydrogens is 267 g/mol. The highest BCUT2D eigenvalue weighted by Crippen LogP contribution is 2.32. The molecular formula is C14H16ClFN2O. The Morgan fingerprint density at radius 2 is 2.32 bits per heavy atom. The van der Waals surface area contributed by atoms with Crippen LogP contribution >= 0.6 is 11.6 Å². The predicted octanol–water partition coefficient (Wildman–Crippen LogP) is 3.57. The summed E-state index contributed by atoms with van der Waals surface area (Å²) in [6.07, 6.45) is 1.07. The molecule has 1 aliphatic heterocycles. The van der Waals surface area contributed by atoms with Crippen LogP contribution in [0.3, 0.4) is 0 Å². The van der Waals surface area contributed by atoms with E-state index < -0.39 is 0 Å². The van der Waals surface area contributed by atoms with E-state index in [1.807, 2.05) is 6.07 Å².